The van der Waals surface area contributed by atoms with Crippen LogP contribution in [0.25, 0.3) is 17.1 Å². The zero-order valence-corrected chi connectivity index (χ0v) is 23.1. The molecule has 4 heterocycles. The van der Waals surface area contributed by atoms with Gasteiger partial charge in [-0.1, -0.05) is 25.4 Å². The Morgan fingerprint density at radius 3 is 2.33 bits per heavy atom. The van der Waals surface area contributed by atoms with Crippen molar-refractivity contribution in [2.24, 2.45) is 0 Å². The zero-order chi connectivity index (χ0) is 29.1. The molecule has 0 saturated heterocycles. The molecular formula is C28H28ClF3N4O3. The maximum atomic E-state index is 14.2. The molecule has 39 heavy (non-hydrogen) atoms. The molecule has 4 aromatic rings. The highest BCUT2D eigenvalue weighted by Crippen LogP contribution is 2.28. The highest BCUT2D eigenvalue weighted by atomic mass is 35.5. The fourth-order valence-corrected chi connectivity index (χ4v) is 3.88. The van der Waals surface area contributed by atoms with Gasteiger partial charge in [-0.15, -0.1) is 0 Å². The maximum Gasteiger partial charge on any atom is 0.277 e. The Bertz CT molecular complexity index is 1570. The van der Waals surface area contributed by atoms with E-state index >= 15 is 0 Å². The minimum Gasteiger partial charge on any atom is -0.485 e. The van der Waals surface area contributed by atoms with Crippen molar-refractivity contribution < 1.29 is 23.0 Å². The topological polar surface area (TPSA) is 90.1 Å². The molecule has 11 heteroatoms. The summed E-state index contributed by atoms with van der Waals surface area (Å²) >= 11 is 6.32. The fourth-order valence-electron chi connectivity index (χ4n) is 3.69. The molecule has 1 N–H and O–H groups in total. The van der Waals surface area contributed by atoms with E-state index in [1.54, 1.807) is 19.9 Å². The number of nitrogens with zero attached hydrogens (tertiary/aromatic N) is 4. The molecule has 0 amide bonds. The summed E-state index contributed by atoms with van der Waals surface area (Å²) in [5.41, 5.74) is -0.238. The Labute approximate surface area is 228 Å². The van der Waals surface area contributed by atoms with Crippen LogP contribution in [0.1, 0.15) is 50.3 Å². The summed E-state index contributed by atoms with van der Waals surface area (Å²) in [5.74, 6) is -2.36. The molecule has 0 aliphatic heterocycles. The van der Waals surface area contributed by atoms with E-state index in [1.165, 1.54) is 42.8 Å². The lowest BCUT2D eigenvalue weighted by molar-refractivity contribution is 0.0696. The Balaban J connectivity index is 0.00000205. The summed E-state index contributed by atoms with van der Waals surface area (Å²) in [6.45, 7) is 9.88. The van der Waals surface area contributed by atoms with E-state index < -0.39 is 28.6 Å². The molecule has 0 aliphatic rings. The van der Waals surface area contributed by atoms with Crippen molar-refractivity contribution in [1.29, 1.82) is 0 Å². The lowest BCUT2D eigenvalue weighted by Gasteiger charge is -2.19. The predicted octanol–water partition coefficient (Wildman–Crippen LogP) is 6.21. The maximum absolute atomic E-state index is 14.2. The molecule has 206 valence electrons. The third-order valence-corrected chi connectivity index (χ3v) is 5.90. The van der Waals surface area contributed by atoms with Gasteiger partial charge in [-0.05, 0) is 51.5 Å². The van der Waals surface area contributed by atoms with Gasteiger partial charge in [0, 0.05) is 24.0 Å². The fraction of sp³-hybridized carbons (Fsp3) is 0.286. The summed E-state index contributed by atoms with van der Waals surface area (Å²) in [6, 6.07) is 6.41. The summed E-state index contributed by atoms with van der Waals surface area (Å²) in [5, 5.41) is 10.0. The van der Waals surface area contributed by atoms with Crippen molar-refractivity contribution in [2.75, 3.05) is 0 Å². The molecule has 0 atom stereocenters. The van der Waals surface area contributed by atoms with Crippen LogP contribution >= 0.6 is 11.6 Å². The molecule has 0 bridgehead atoms. The van der Waals surface area contributed by atoms with Crippen LogP contribution in [0.3, 0.4) is 0 Å². The van der Waals surface area contributed by atoms with E-state index in [-0.39, 0.29) is 28.8 Å². The van der Waals surface area contributed by atoms with Crippen LogP contribution < -0.4 is 10.3 Å². The third-order valence-electron chi connectivity index (χ3n) is 5.55. The van der Waals surface area contributed by atoms with Crippen LogP contribution in [0.4, 0.5) is 13.2 Å². The number of aliphatic hydroxyl groups is 1. The van der Waals surface area contributed by atoms with Gasteiger partial charge in [-0.3, -0.25) is 19.3 Å². The van der Waals surface area contributed by atoms with Gasteiger partial charge in [0.05, 0.1) is 23.3 Å². The normalized spacial score (nSPS) is 11.2. The van der Waals surface area contributed by atoms with Gasteiger partial charge >= 0.3 is 0 Å². The van der Waals surface area contributed by atoms with E-state index in [4.69, 9.17) is 16.3 Å². The molecule has 0 aromatic carbocycles. The monoisotopic (exact) mass is 560 g/mol. The number of ether oxygens (including phenoxy) is 1. The van der Waals surface area contributed by atoms with Crippen LogP contribution in [0.15, 0.2) is 47.5 Å². The Kier molecular flexibility index (Phi) is 9.14. The van der Waals surface area contributed by atoms with E-state index in [0.29, 0.717) is 34.4 Å². The summed E-state index contributed by atoms with van der Waals surface area (Å²) < 4.78 is 48.1. The van der Waals surface area contributed by atoms with Gasteiger partial charge in [-0.25, -0.2) is 18.2 Å². The number of pyridine rings is 4. The number of halogens is 4. The predicted molar refractivity (Wildman–Crippen MR) is 143 cm³/mol. The molecular weight excluding hydrogens is 533 g/mol. The standard InChI is InChI=1S/C26H22ClF3N4O3.C2H6/c1-13-10-31-19(18-6-5-16(29)24(33-18)26(3,4)36)9-21(13)34-14(2)7-22(23(27)25(34)35)37-12-20-17(30)8-15(28)11-32-20;1-2/h5-11,36H,12H2,1-4H3;1-2H3. The molecule has 7 nitrogen and oxygen atoms in total. The number of aryl methyl sites for hydroxylation is 2. The van der Waals surface area contributed by atoms with Crippen molar-refractivity contribution in [3.8, 4) is 22.8 Å². The van der Waals surface area contributed by atoms with Gasteiger partial charge in [0.1, 0.15) is 46.0 Å². The number of aromatic nitrogens is 4. The van der Waals surface area contributed by atoms with Crippen molar-refractivity contribution in [2.45, 2.75) is 53.8 Å². The SMILES string of the molecule is CC.Cc1cnc(-c2ccc(F)c(C(C)(C)O)n2)cc1-n1c(C)cc(OCc2ncc(F)cc2F)c(Cl)c1=O. The van der Waals surface area contributed by atoms with Crippen molar-refractivity contribution >= 4 is 11.6 Å². The van der Waals surface area contributed by atoms with Crippen LogP contribution in [0.5, 0.6) is 5.75 Å². The Morgan fingerprint density at radius 1 is 1.00 bits per heavy atom. The first kappa shape index (κ1) is 29.8. The molecule has 4 aromatic heterocycles. The third kappa shape index (κ3) is 6.46. The van der Waals surface area contributed by atoms with Crippen molar-refractivity contribution in [3.63, 3.8) is 0 Å². The van der Waals surface area contributed by atoms with Gasteiger partial charge in [-0.2, -0.15) is 0 Å². The van der Waals surface area contributed by atoms with Gasteiger partial charge < -0.3 is 9.84 Å². The van der Waals surface area contributed by atoms with Gasteiger partial charge in [0.25, 0.3) is 5.56 Å². The smallest absolute Gasteiger partial charge is 0.277 e. The molecule has 0 aliphatic carbocycles. The molecule has 0 radical (unpaired) electrons. The van der Waals surface area contributed by atoms with Crippen LogP contribution in [-0.2, 0) is 12.2 Å². The molecule has 0 unspecified atom stereocenters. The molecule has 0 saturated carbocycles. The molecule has 4 rings (SSSR count). The second kappa shape index (κ2) is 12.0. The second-order valence-corrected chi connectivity index (χ2v) is 9.30. The van der Waals surface area contributed by atoms with Crippen LogP contribution in [0.2, 0.25) is 5.02 Å². The summed E-state index contributed by atoms with van der Waals surface area (Å²) in [4.78, 5) is 25.5. The van der Waals surface area contributed by atoms with Gasteiger partial charge in [0.2, 0.25) is 0 Å². The van der Waals surface area contributed by atoms with E-state index in [0.717, 1.165) is 6.20 Å². The van der Waals surface area contributed by atoms with Crippen molar-refractivity contribution in [1.82, 2.24) is 19.5 Å². The largest absolute Gasteiger partial charge is 0.485 e. The minimum absolute atomic E-state index is 0.00731. The number of rotatable bonds is 6. The van der Waals surface area contributed by atoms with Crippen molar-refractivity contribution in [3.05, 3.63) is 98.2 Å². The average molecular weight is 561 g/mol. The first-order chi connectivity index (χ1) is 18.4. The first-order valence-corrected chi connectivity index (χ1v) is 12.5. The van der Waals surface area contributed by atoms with Crippen LogP contribution in [-0.4, -0.2) is 24.6 Å². The summed E-state index contributed by atoms with van der Waals surface area (Å²) in [6.07, 6.45) is 2.39. The molecule has 0 spiro atoms. The zero-order valence-electron chi connectivity index (χ0n) is 22.3. The highest BCUT2D eigenvalue weighted by Gasteiger charge is 2.24. The number of hydrogen-bond donors (Lipinski definition) is 1. The van der Waals surface area contributed by atoms with Crippen LogP contribution in [0, 0.1) is 31.3 Å². The van der Waals surface area contributed by atoms with E-state index in [2.05, 4.69) is 15.0 Å². The summed E-state index contributed by atoms with van der Waals surface area (Å²) in [7, 11) is 0. The van der Waals surface area contributed by atoms with E-state index in [9.17, 15) is 23.1 Å². The quantitative estimate of drug-likeness (QED) is 0.301. The Morgan fingerprint density at radius 2 is 1.69 bits per heavy atom. The second-order valence-electron chi connectivity index (χ2n) is 8.92. The number of hydrogen-bond acceptors (Lipinski definition) is 6. The first-order valence-electron chi connectivity index (χ1n) is 12.1. The Hall–Kier alpha value is -3.76. The minimum atomic E-state index is -1.52. The molecule has 0 fully saturated rings. The average Bonchev–Trinajstić information content (AvgIpc) is 2.88. The lowest BCUT2D eigenvalue weighted by atomic mass is 10.0. The van der Waals surface area contributed by atoms with E-state index in [1.807, 2.05) is 13.8 Å². The van der Waals surface area contributed by atoms with Gasteiger partial charge in [0.15, 0.2) is 5.82 Å². The lowest BCUT2D eigenvalue weighted by Crippen LogP contribution is -2.23. The highest BCUT2D eigenvalue weighted by molar-refractivity contribution is 6.31.